The Labute approximate surface area is 142 Å². The number of aryl methyl sites for hydroxylation is 1. The summed E-state index contributed by atoms with van der Waals surface area (Å²) < 4.78 is 0. The average molecular weight is 322 g/mol. The van der Waals surface area contributed by atoms with E-state index in [1.807, 2.05) is 48.2 Å². The second-order valence-corrected chi connectivity index (χ2v) is 6.23. The Balaban J connectivity index is 1.69. The summed E-state index contributed by atoms with van der Waals surface area (Å²) in [6.07, 6.45) is 1.30. The van der Waals surface area contributed by atoms with Crippen molar-refractivity contribution in [1.82, 2.24) is 5.32 Å². The van der Waals surface area contributed by atoms with E-state index in [1.165, 1.54) is 5.56 Å². The van der Waals surface area contributed by atoms with Gasteiger partial charge in [0.15, 0.2) is 0 Å². The Morgan fingerprint density at radius 3 is 2.62 bits per heavy atom. The SMILES string of the molecule is CCCN1C(=O)Cc2cc(C(=O)NCc3ccc(C)cc3)ccc21. The van der Waals surface area contributed by atoms with Crippen LogP contribution in [0.3, 0.4) is 0 Å². The summed E-state index contributed by atoms with van der Waals surface area (Å²) >= 11 is 0. The molecule has 2 aromatic carbocycles. The minimum atomic E-state index is -0.111. The molecule has 1 N–H and O–H groups in total. The van der Waals surface area contributed by atoms with Crippen LogP contribution in [0.25, 0.3) is 0 Å². The third-order valence-electron chi connectivity index (χ3n) is 4.30. The zero-order chi connectivity index (χ0) is 17.1. The molecule has 1 aliphatic rings. The minimum absolute atomic E-state index is 0.111. The van der Waals surface area contributed by atoms with Crippen LogP contribution in [0.2, 0.25) is 0 Å². The van der Waals surface area contributed by atoms with Crippen molar-refractivity contribution >= 4 is 17.5 Å². The summed E-state index contributed by atoms with van der Waals surface area (Å²) in [5.41, 5.74) is 4.75. The topological polar surface area (TPSA) is 49.4 Å². The number of carbonyl (C=O) groups excluding carboxylic acids is 2. The summed E-state index contributed by atoms with van der Waals surface area (Å²) in [5.74, 6) is 0.00355. The Morgan fingerprint density at radius 2 is 1.92 bits per heavy atom. The lowest BCUT2D eigenvalue weighted by atomic mass is 10.1. The smallest absolute Gasteiger partial charge is 0.251 e. The van der Waals surface area contributed by atoms with Crippen molar-refractivity contribution in [3.05, 3.63) is 64.7 Å². The van der Waals surface area contributed by atoms with Crippen molar-refractivity contribution < 1.29 is 9.59 Å². The van der Waals surface area contributed by atoms with Crippen LogP contribution < -0.4 is 10.2 Å². The molecule has 1 aliphatic heterocycles. The number of amides is 2. The van der Waals surface area contributed by atoms with Gasteiger partial charge in [-0.05, 0) is 42.7 Å². The van der Waals surface area contributed by atoms with Gasteiger partial charge in [0.1, 0.15) is 0 Å². The molecule has 24 heavy (non-hydrogen) atoms. The van der Waals surface area contributed by atoms with Gasteiger partial charge in [0.25, 0.3) is 5.91 Å². The Morgan fingerprint density at radius 1 is 1.17 bits per heavy atom. The molecular formula is C20H22N2O2. The van der Waals surface area contributed by atoms with Crippen LogP contribution in [0.5, 0.6) is 0 Å². The monoisotopic (exact) mass is 322 g/mol. The lowest BCUT2D eigenvalue weighted by molar-refractivity contribution is -0.117. The van der Waals surface area contributed by atoms with Gasteiger partial charge in [-0.25, -0.2) is 0 Å². The number of rotatable bonds is 5. The highest BCUT2D eigenvalue weighted by Gasteiger charge is 2.27. The Bertz CT molecular complexity index is 766. The zero-order valence-electron chi connectivity index (χ0n) is 14.1. The van der Waals surface area contributed by atoms with Gasteiger partial charge in [-0.15, -0.1) is 0 Å². The van der Waals surface area contributed by atoms with Crippen LogP contribution in [0.15, 0.2) is 42.5 Å². The molecule has 0 fully saturated rings. The molecule has 0 bridgehead atoms. The van der Waals surface area contributed by atoms with E-state index in [9.17, 15) is 9.59 Å². The van der Waals surface area contributed by atoms with Crippen LogP contribution in [0.4, 0.5) is 5.69 Å². The van der Waals surface area contributed by atoms with E-state index in [2.05, 4.69) is 12.2 Å². The van der Waals surface area contributed by atoms with Gasteiger partial charge in [0, 0.05) is 24.3 Å². The first-order valence-corrected chi connectivity index (χ1v) is 8.35. The molecule has 0 radical (unpaired) electrons. The largest absolute Gasteiger partial charge is 0.348 e. The Kier molecular flexibility index (Phi) is 4.65. The quantitative estimate of drug-likeness (QED) is 0.919. The highest BCUT2D eigenvalue weighted by molar-refractivity contribution is 6.03. The first-order valence-electron chi connectivity index (χ1n) is 8.35. The van der Waals surface area contributed by atoms with Gasteiger partial charge in [-0.2, -0.15) is 0 Å². The summed E-state index contributed by atoms with van der Waals surface area (Å²) in [4.78, 5) is 26.2. The maximum absolute atomic E-state index is 12.4. The fraction of sp³-hybridized carbons (Fsp3) is 0.300. The van der Waals surface area contributed by atoms with Crippen LogP contribution in [-0.4, -0.2) is 18.4 Å². The van der Waals surface area contributed by atoms with Crippen molar-refractivity contribution in [3.63, 3.8) is 0 Å². The van der Waals surface area contributed by atoms with E-state index in [-0.39, 0.29) is 11.8 Å². The molecule has 0 spiro atoms. The van der Waals surface area contributed by atoms with Gasteiger partial charge in [0.05, 0.1) is 6.42 Å². The molecule has 0 atom stereocenters. The molecule has 4 nitrogen and oxygen atoms in total. The number of nitrogens with zero attached hydrogens (tertiary/aromatic N) is 1. The molecule has 3 rings (SSSR count). The predicted molar refractivity (Wildman–Crippen MR) is 95.1 cm³/mol. The van der Waals surface area contributed by atoms with E-state index in [4.69, 9.17) is 0 Å². The Hall–Kier alpha value is -2.62. The van der Waals surface area contributed by atoms with Gasteiger partial charge >= 0.3 is 0 Å². The van der Waals surface area contributed by atoms with Crippen molar-refractivity contribution in [2.24, 2.45) is 0 Å². The number of carbonyl (C=O) groups is 2. The number of fused-ring (bicyclic) bond motifs is 1. The number of anilines is 1. The lowest BCUT2D eigenvalue weighted by Crippen LogP contribution is -2.27. The van der Waals surface area contributed by atoms with Gasteiger partial charge < -0.3 is 10.2 Å². The van der Waals surface area contributed by atoms with Crippen LogP contribution >= 0.6 is 0 Å². The third-order valence-corrected chi connectivity index (χ3v) is 4.30. The maximum Gasteiger partial charge on any atom is 0.251 e. The fourth-order valence-corrected chi connectivity index (χ4v) is 2.98. The average Bonchev–Trinajstić information content (AvgIpc) is 2.89. The number of hydrogen-bond acceptors (Lipinski definition) is 2. The first-order chi connectivity index (χ1) is 11.6. The highest BCUT2D eigenvalue weighted by atomic mass is 16.2. The minimum Gasteiger partial charge on any atom is -0.348 e. The molecule has 0 saturated carbocycles. The van der Waals surface area contributed by atoms with Gasteiger partial charge in [0.2, 0.25) is 5.91 Å². The number of benzene rings is 2. The van der Waals surface area contributed by atoms with Crippen molar-refractivity contribution in [2.45, 2.75) is 33.2 Å². The molecule has 2 aromatic rings. The van der Waals surface area contributed by atoms with E-state index in [0.717, 1.165) is 29.8 Å². The molecular weight excluding hydrogens is 300 g/mol. The molecule has 0 aromatic heterocycles. The van der Waals surface area contributed by atoms with Crippen LogP contribution in [-0.2, 0) is 17.8 Å². The normalized spacial score (nSPS) is 13.1. The van der Waals surface area contributed by atoms with Crippen molar-refractivity contribution in [3.8, 4) is 0 Å². The van der Waals surface area contributed by atoms with E-state index >= 15 is 0 Å². The fourth-order valence-electron chi connectivity index (χ4n) is 2.98. The first kappa shape index (κ1) is 16.2. The third kappa shape index (κ3) is 3.32. The molecule has 4 heteroatoms. The molecule has 124 valence electrons. The molecule has 0 unspecified atom stereocenters. The number of nitrogens with one attached hydrogen (secondary N) is 1. The maximum atomic E-state index is 12.4. The predicted octanol–water partition coefficient (Wildman–Crippen LogP) is 3.22. The summed E-state index contributed by atoms with van der Waals surface area (Å²) in [5, 5.41) is 2.94. The second kappa shape index (κ2) is 6.87. The summed E-state index contributed by atoms with van der Waals surface area (Å²) in [6.45, 7) is 5.32. The van der Waals surface area contributed by atoms with Gasteiger partial charge in [-0.3, -0.25) is 9.59 Å². The van der Waals surface area contributed by atoms with Crippen molar-refractivity contribution in [2.75, 3.05) is 11.4 Å². The standard InChI is InChI=1S/C20H22N2O2/c1-3-10-22-18-9-8-16(11-17(18)12-19(22)23)20(24)21-13-15-6-4-14(2)5-7-15/h4-9,11H,3,10,12-13H2,1-2H3,(H,21,24). The van der Waals surface area contributed by atoms with E-state index in [0.29, 0.717) is 18.5 Å². The molecule has 1 heterocycles. The molecule has 2 amide bonds. The summed E-state index contributed by atoms with van der Waals surface area (Å²) in [7, 11) is 0. The zero-order valence-corrected chi connectivity index (χ0v) is 14.1. The second-order valence-electron chi connectivity index (χ2n) is 6.23. The van der Waals surface area contributed by atoms with Crippen molar-refractivity contribution in [1.29, 1.82) is 0 Å². The van der Waals surface area contributed by atoms with E-state index in [1.54, 1.807) is 6.07 Å². The molecule has 0 aliphatic carbocycles. The highest BCUT2D eigenvalue weighted by Crippen LogP contribution is 2.29. The summed E-state index contributed by atoms with van der Waals surface area (Å²) in [6, 6.07) is 13.6. The lowest BCUT2D eigenvalue weighted by Gasteiger charge is -2.16. The van der Waals surface area contributed by atoms with Crippen LogP contribution in [0.1, 0.15) is 40.4 Å². The van der Waals surface area contributed by atoms with Gasteiger partial charge in [-0.1, -0.05) is 36.8 Å². The molecule has 0 saturated heterocycles. The van der Waals surface area contributed by atoms with Crippen LogP contribution in [0, 0.1) is 6.92 Å². The van der Waals surface area contributed by atoms with E-state index < -0.39 is 0 Å². The number of hydrogen-bond donors (Lipinski definition) is 1.